The molecule has 0 bridgehead atoms. The van der Waals surface area contributed by atoms with E-state index in [0.717, 1.165) is 11.1 Å². The van der Waals surface area contributed by atoms with E-state index >= 15 is 0 Å². The van der Waals surface area contributed by atoms with Crippen molar-refractivity contribution in [3.05, 3.63) is 77.4 Å². The van der Waals surface area contributed by atoms with Crippen LogP contribution in [0.4, 0.5) is 0 Å². The number of Topliss-reactive ketones (excluding diaryl/α,β-unsaturated/α-hetero) is 2. The highest BCUT2D eigenvalue weighted by atomic mass is 16.1. The van der Waals surface area contributed by atoms with Crippen molar-refractivity contribution < 1.29 is 9.59 Å². The summed E-state index contributed by atoms with van der Waals surface area (Å²) in [6.07, 6.45) is 0.737. The fraction of sp³-hybridized carbons (Fsp3) is 0.304. The first-order valence-corrected chi connectivity index (χ1v) is 9.04. The van der Waals surface area contributed by atoms with E-state index in [9.17, 15) is 9.59 Å². The van der Waals surface area contributed by atoms with Crippen LogP contribution in [-0.4, -0.2) is 17.1 Å². The molecule has 0 radical (unpaired) electrons. The van der Waals surface area contributed by atoms with E-state index in [-0.39, 0.29) is 23.0 Å². The van der Waals surface area contributed by atoms with Gasteiger partial charge in [0.2, 0.25) is 0 Å². The Morgan fingerprint density at radius 3 is 1.85 bits per heavy atom. The second-order valence-corrected chi connectivity index (χ2v) is 7.85. The minimum absolute atomic E-state index is 0.0355. The highest BCUT2D eigenvalue weighted by Gasteiger charge is 2.34. The van der Waals surface area contributed by atoms with Crippen molar-refractivity contribution in [3.63, 3.8) is 0 Å². The second-order valence-electron chi connectivity index (χ2n) is 7.85. The molecule has 3 nitrogen and oxygen atoms in total. The highest BCUT2D eigenvalue weighted by Crippen LogP contribution is 2.34. The number of carbonyl (C=O) groups excluding carboxylic acids is 2. The lowest BCUT2D eigenvalue weighted by atomic mass is 9.78. The van der Waals surface area contributed by atoms with E-state index < -0.39 is 0 Å². The third-order valence-electron chi connectivity index (χ3n) is 4.50. The van der Waals surface area contributed by atoms with E-state index in [1.165, 1.54) is 0 Å². The third kappa shape index (κ3) is 4.10. The third-order valence-corrected chi connectivity index (χ3v) is 4.50. The second kappa shape index (κ2) is 7.28. The molecule has 2 aromatic carbocycles. The van der Waals surface area contributed by atoms with Crippen LogP contribution in [0.3, 0.4) is 0 Å². The van der Waals surface area contributed by atoms with E-state index in [4.69, 9.17) is 0 Å². The summed E-state index contributed by atoms with van der Waals surface area (Å²) in [6.45, 7) is 6.09. The molecule has 1 N–H and O–H groups in total. The topological polar surface area (TPSA) is 46.2 Å². The number of carbonyl (C=O) groups is 2. The molecule has 1 saturated carbocycles. The molecule has 0 spiro atoms. The van der Waals surface area contributed by atoms with Crippen LogP contribution in [0, 0.1) is 0 Å². The van der Waals surface area contributed by atoms with Crippen LogP contribution < -0.4 is 5.32 Å². The van der Waals surface area contributed by atoms with Gasteiger partial charge in [-0.25, -0.2) is 0 Å². The lowest BCUT2D eigenvalue weighted by molar-refractivity contribution is -0.124. The standard InChI is InChI=1S/C23H25NO2/c1-23(2,3)24-22(17-12-8-5-9-13-17)21-19(25)14-18(15-20(21)26)16-10-6-4-7-11-16/h4-13,18,24H,14-15H2,1-3H3. The predicted molar refractivity (Wildman–Crippen MR) is 105 cm³/mol. The SMILES string of the molecule is CC(C)(C)NC(=C1C(=O)CC(c2ccccc2)CC1=O)c1ccccc1. The number of ketones is 2. The average Bonchev–Trinajstić information content (AvgIpc) is 2.61. The largest absolute Gasteiger partial charge is 0.379 e. The molecule has 0 aliphatic heterocycles. The van der Waals surface area contributed by atoms with Crippen LogP contribution in [0.5, 0.6) is 0 Å². The molecular formula is C23H25NO2. The van der Waals surface area contributed by atoms with Crippen molar-refractivity contribution in [2.45, 2.75) is 45.1 Å². The first-order valence-electron chi connectivity index (χ1n) is 9.04. The summed E-state index contributed by atoms with van der Waals surface area (Å²) in [5.41, 5.74) is 2.64. The van der Waals surface area contributed by atoms with Crippen LogP contribution in [0.1, 0.15) is 50.7 Å². The molecule has 0 amide bonds. The van der Waals surface area contributed by atoms with E-state index in [1.807, 2.05) is 81.4 Å². The molecule has 0 atom stereocenters. The molecule has 26 heavy (non-hydrogen) atoms. The summed E-state index contributed by atoms with van der Waals surface area (Å²) >= 11 is 0. The Hall–Kier alpha value is -2.68. The van der Waals surface area contributed by atoms with Crippen LogP contribution in [0.15, 0.2) is 66.2 Å². The van der Waals surface area contributed by atoms with Gasteiger partial charge in [-0.1, -0.05) is 60.7 Å². The summed E-state index contributed by atoms with van der Waals surface area (Å²) in [5, 5.41) is 3.40. The van der Waals surface area contributed by atoms with Crippen LogP contribution >= 0.6 is 0 Å². The smallest absolute Gasteiger partial charge is 0.169 e. The normalized spacial score (nSPS) is 18.0. The van der Waals surface area contributed by atoms with Gasteiger partial charge in [-0.3, -0.25) is 9.59 Å². The van der Waals surface area contributed by atoms with Gasteiger partial charge in [0.05, 0.1) is 11.3 Å². The van der Waals surface area contributed by atoms with Crippen LogP contribution in [-0.2, 0) is 9.59 Å². The van der Waals surface area contributed by atoms with Gasteiger partial charge in [0, 0.05) is 18.4 Å². The Morgan fingerprint density at radius 2 is 1.35 bits per heavy atom. The molecule has 0 aromatic heterocycles. The van der Waals surface area contributed by atoms with Gasteiger partial charge in [-0.15, -0.1) is 0 Å². The number of allylic oxidation sites excluding steroid dienone is 1. The molecular weight excluding hydrogens is 322 g/mol. The predicted octanol–water partition coefficient (Wildman–Crippen LogP) is 4.50. The minimum atomic E-state index is -0.255. The Labute approximate surface area is 155 Å². The molecule has 3 rings (SSSR count). The molecule has 3 heteroatoms. The van der Waals surface area contributed by atoms with Crippen LogP contribution in [0.25, 0.3) is 5.70 Å². The van der Waals surface area contributed by atoms with Crippen molar-refractivity contribution in [2.75, 3.05) is 0 Å². The molecule has 1 fully saturated rings. The zero-order valence-corrected chi connectivity index (χ0v) is 15.6. The lowest BCUT2D eigenvalue weighted by Crippen LogP contribution is -2.37. The summed E-state index contributed by atoms with van der Waals surface area (Å²) < 4.78 is 0. The number of benzene rings is 2. The first-order chi connectivity index (χ1) is 12.3. The molecule has 1 aliphatic rings. The maximum Gasteiger partial charge on any atom is 0.169 e. The van der Waals surface area contributed by atoms with Crippen LogP contribution in [0.2, 0.25) is 0 Å². The van der Waals surface area contributed by atoms with E-state index in [1.54, 1.807) is 0 Å². The Bertz CT molecular complexity index is 810. The molecule has 0 unspecified atom stereocenters. The van der Waals surface area contributed by atoms with Crippen molar-refractivity contribution >= 4 is 17.3 Å². The van der Waals surface area contributed by atoms with Gasteiger partial charge >= 0.3 is 0 Å². The lowest BCUT2D eigenvalue weighted by Gasteiger charge is -2.29. The van der Waals surface area contributed by atoms with Gasteiger partial charge in [-0.05, 0) is 37.8 Å². The van der Waals surface area contributed by atoms with Gasteiger partial charge in [-0.2, -0.15) is 0 Å². The first kappa shape index (κ1) is 18.1. The van der Waals surface area contributed by atoms with Crippen molar-refractivity contribution in [1.82, 2.24) is 5.32 Å². The average molecular weight is 347 g/mol. The number of rotatable bonds is 3. The zero-order valence-electron chi connectivity index (χ0n) is 15.6. The fourth-order valence-corrected chi connectivity index (χ4v) is 3.38. The van der Waals surface area contributed by atoms with Crippen molar-refractivity contribution in [3.8, 4) is 0 Å². The number of hydrogen-bond donors (Lipinski definition) is 1. The summed E-state index contributed by atoms with van der Waals surface area (Å²) in [6, 6.07) is 19.5. The minimum Gasteiger partial charge on any atom is -0.379 e. The Kier molecular flexibility index (Phi) is 5.08. The zero-order chi connectivity index (χ0) is 18.7. The molecule has 0 saturated heterocycles. The maximum atomic E-state index is 13.0. The number of hydrogen-bond acceptors (Lipinski definition) is 3. The van der Waals surface area contributed by atoms with E-state index in [0.29, 0.717) is 24.1 Å². The summed E-state index contributed by atoms with van der Waals surface area (Å²) in [5.74, 6) is -0.192. The summed E-state index contributed by atoms with van der Waals surface area (Å²) in [4.78, 5) is 25.9. The van der Waals surface area contributed by atoms with Crippen molar-refractivity contribution in [2.24, 2.45) is 0 Å². The maximum absolute atomic E-state index is 13.0. The van der Waals surface area contributed by atoms with Crippen molar-refractivity contribution in [1.29, 1.82) is 0 Å². The molecule has 1 aliphatic carbocycles. The summed E-state index contributed by atoms with van der Waals surface area (Å²) in [7, 11) is 0. The van der Waals surface area contributed by atoms with E-state index in [2.05, 4.69) is 5.32 Å². The monoisotopic (exact) mass is 347 g/mol. The highest BCUT2D eigenvalue weighted by molar-refractivity contribution is 6.26. The quantitative estimate of drug-likeness (QED) is 0.657. The van der Waals surface area contributed by atoms with Gasteiger partial charge in [0.25, 0.3) is 0 Å². The van der Waals surface area contributed by atoms with Gasteiger partial charge in [0.1, 0.15) is 0 Å². The molecule has 2 aromatic rings. The van der Waals surface area contributed by atoms with Gasteiger partial charge in [0.15, 0.2) is 11.6 Å². The van der Waals surface area contributed by atoms with Gasteiger partial charge < -0.3 is 5.32 Å². The molecule has 134 valence electrons. The number of nitrogens with one attached hydrogen (secondary N) is 1. The Morgan fingerprint density at radius 1 is 0.846 bits per heavy atom. The fourth-order valence-electron chi connectivity index (χ4n) is 3.38. The molecule has 0 heterocycles. The Balaban J connectivity index is 2.01.